The van der Waals surface area contributed by atoms with Gasteiger partial charge in [-0.1, -0.05) is 13.8 Å². The summed E-state index contributed by atoms with van der Waals surface area (Å²) in [5.74, 6) is -1.40. The van der Waals surface area contributed by atoms with E-state index in [1.165, 1.54) is 19.9 Å². The maximum atomic E-state index is 11.2. The lowest BCUT2D eigenvalue weighted by atomic mass is 10.0. The van der Waals surface area contributed by atoms with Crippen molar-refractivity contribution in [3.63, 3.8) is 0 Å². The molecular weight excluding hydrogens is 272 g/mol. The Kier molecular flexibility index (Phi) is 5.35. The van der Waals surface area contributed by atoms with Crippen LogP contribution in [-0.2, 0) is 11.2 Å². The fraction of sp³-hybridized carbons (Fsp3) is 0.500. The number of hydrogen-bond donors (Lipinski definition) is 2. The van der Waals surface area contributed by atoms with E-state index in [4.69, 9.17) is 14.9 Å². The van der Waals surface area contributed by atoms with E-state index in [-0.39, 0.29) is 11.3 Å². The second-order valence-electron chi connectivity index (χ2n) is 6.02. The van der Waals surface area contributed by atoms with Gasteiger partial charge in [0.1, 0.15) is 5.75 Å². The average Bonchev–Trinajstić information content (AvgIpc) is 2.35. The van der Waals surface area contributed by atoms with Crippen LogP contribution in [0.3, 0.4) is 0 Å². The predicted molar refractivity (Wildman–Crippen MR) is 78.9 cm³/mol. The van der Waals surface area contributed by atoms with Crippen LogP contribution >= 0.6 is 0 Å². The number of benzene rings is 1. The quantitative estimate of drug-likeness (QED) is 0.806. The number of hydrogen-bond acceptors (Lipinski definition) is 3. The molecule has 5 heteroatoms. The fourth-order valence-corrected chi connectivity index (χ4v) is 1.78. The van der Waals surface area contributed by atoms with Crippen molar-refractivity contribution in [2.45, 2.75) is 46.1 Å². The highest BCUT2D eigenvalue weighted by molar-refractivity contribution is 5.88. The number of ether oxygens (including phenoxy) is 1. The van der Waals surface area contributed by atoms with Gasteiger partial charge >= 0.3 is 11.9 Å². The van der Waals surface area contributed by atoms with Gasteiger partial charge in [-0.05, 0) is 56.4 Å². The third-order valence-corrected chi connectivity index (χ3v) is 3.11. The lowest BCUT2D eigenvalue weighted by molar-refractivity contribution is -0.152. The molecule has 0 fully saturated rings. The summed E-state index contributed by atoms with van der Waals surface area (Å²) in [7, 11) is 0. The van der Waals surface area contributed by atoms with Gasteiger partial charge in [-0.25, -0.2) is 9.59 Å². The van der Waals surface area contributed by atoms with E-state index in [1.807, 2.05) is 0 Å². The number of rotatable bonds is 7. The minimum Gasteiger partial charge on any atom is -0.478 e. The zero-order valence-electron chi connectivity index (χ0n) is 12.8. The van der Waals surface area contributed by atoms with Crippen LogP contribution in [0.2, 0.25) is 0 Å². The minimum absolute atomic E-state index is 0.104. The van der Waals surface area contributed by atoms with E-state index in [1.54, 1.807) is 12.1 Å². The van der Waals surface area contributed by atoms with E-state index in [9.17, 15) is 9.59 Å². The first-order chi connectivity index (χ1) is 9.61. The first-order valence-corrected chi connectivity index (χ1v) is 6.91. The Morgan fingerprint density at radius 3 is 2.29 bits per heavy atom. The second kappa shape index (κ2) is 6.61. The van der Waals surface area contributed by atoms with Crippen molar-refractivity contribution in [2.75, 3.05) is 0 Å². The van der Waals surface area contributed by atoms with Gasteiger partial charge in [0.15, 0.2) is 5.60 Å². The van der Waals surface area contributed by atoms with E-state index in [0.717, 1.165) is 18.4 Å². The van der Waals surface area contributed by atoms with Crippen molar-refractivity contribution in [1.29, 1.82) is 0 Å². The number of carboxylic acid groups (broad SMARTS) is 2. The Morgan fingerprint density at radius 2 is 1.81 bits per heavy atom. The SMILES string of the molecule is CC(C)CCc1cc(OC(C)(C)C(=O)O)cc(C(=O)O)c1. The monoisotopic (exact) mass is 294 g/mol. The molecule has 0 aromatic heterocycles. The Bertz CT molecular complexity index is 531. The zero-order chi connectivity index (χ0) is 16.2. The van der Waals surface area contributed by atoms with Crippen LogP contribution in [0.5, 0.6) is 5.75 Å². The van der Waals surface area contributed by atoms with Gasteiger partial charge in [-0.2, -0.15) is 0 Å². The predicted octanol–water partition coefficient (Wildman–Crippen LogP) is 3.22. The molecule has 0 saturated heterocycles. The summed E-state index contributed by atoms with van der Waals surface area (Å²) in [4.78, 5) is 22.3. The molecule has 116 valence electrons. The molecule has 0 amide bonds. The highest BCUT2D eigenvalue weighted by Crippen LogP contribution is 2.24. The van der Waals surface area contributed by atoms with Crippen molar-refractivity contribution in [3.05, 3.63) is 29.3 Å². The third-order valence-electron chi connectivity index (χ3n) is 3.11. The van der Waals surface area contributed by atoms with Gasteiger partial charge in [-0.15, -0.1) is 0 Å². The van der Waals surface area contributed by atoms with Crippen LogP contribution in [0.4, 0.5) is 0 Å². The molecule has 0 radical (unpaired) electrons. The summed E-state index contributed by atoms with van der Waals surface area (Å²) >= 11 is 0. The van der Waals surface area contributed by atoms with Crippen LogP contribution in [0.25, 0.3) is 0 Å². The molecule has 2 N–H and O–H groups in total. The molecular formula is C16H22O5. The number of aromatic carboxylic acids is 1. The minimum atomic E-state index is -1.41. The molecule has 1 aromatic carbocycles. The van der Waals surface area contributed by atoms with E-state index in [0.29, 0.717) is 5.92 Å². The third kappa shape index (κ3) is 5.10. The molecule has 0 spiro atoms. The molecule has 0 atom stereocenters. The molecule has 1 aromatic rings. The molecule has 0 bridgehead atoms. The van der Waals surface area contributed by atoms with Crippen molar-refractivity contribution in [2.24, 2.45) is 5.92 Å². The summed E-state index contributed by atoms with van der Waals surface area (Å²) in [6.07, 6.45) is 1.65. The normalized spacial score (nSPS) is 11.5. The smallest absolute Gasteiger partial charge is 0.347 e. The number of carboxylic acids is 2. The highest BCUT2D eigenvalue weighted by atomic mass is 16.5. The van der Waals surface area contributed by atoms with Crippen LogP contribution in [-0.4, -0.2) is 27.8 Å². The summed E-state index contributed by atoms with van der Waals surface area (Å²) in [5.41, 5.74) is -0.473. The van der Waals surface area contributed by atoms with Crippen molar-refractivity contribution in [3.8, 4) is 5.75 Å². The topological polar surface area (TPSA) is 83.8 Å². The maximum Gasteiger partial charge on any atom is 0.347 e. The van der Waals surface area contributed by atoms with Crippen molar-refractivity contribution < 1.29 is 24.5 Å². The summed E-state index contributed by atoms with van der Waals surface area (Å²) in [6.45, 7) is 7.03. The fourth-order valence-electron chi connectivity index (χ4n) is 1.78. The Hall–Kier alpha value is -2.04. The van der Waals surface area contributed by atoms with Gasteiger partial charge in [0.2, 0.25) is 0 Å². The van der Waals surface area contributed by atoms with Gasteiger partial charge in [0, 0.05) is 0 Å². The van der Waals surface area contributed by atoms with Crippen LogP contribution in [0.1, 0.15) is 50.0 Å². The van der Waals surface area contributed by atoms with Gasteiger partial charge in [0.25, 0.3) is 0 Å². The van der Waals surface area contributed by atoms with Gasteiger partial charge in [-0.3, -0.25) is 0 Å². The first-order valence-electron chi connectivity index (χ1n) is 6.91. The molecule has 0 aliphatic heterocycles. The van der Waals surface area contributed by atoms with Crippen molar-refractivity contribution >= 4 is 11.9 Å². The molecule has 1 rings (SSSR count). The molecule has 21 heavy (non-hydrogen) atoms. The molecule has 0 aliphatic carbocycles. The van der Waals surface area contributed by atoms with Crippen LogP contribution < -0.4 is 4.74 Å². The van der Waals surface area contributed by atoms with Crippen LogP contribution in [0, 0.1) is 5.92 Å². The largest absolute Gasteiger partial charge is 0.478 e. The standard InChI is InChI=1S/C16H22O5/c1-10(2)5-6-11-7-12(14(17)18)9-13(8-11)21-16(3,4)15(19)20/h7-10H,5-6H2,1-4H3,(H,17,18)(H,19,20). The lowest BCUT2D eigenvalue weighted by Gasteiger charge is -2.22. The number of aryl methyl sites for hydroxylation is 1. The van der Waals surface area contributed by atoms with E-state index >= 15 is 0 Å². The summed E-state index contributed by atoms with van der Waals surface area (Å²) in [5, 5.41) is 18.2. The molecule has 0 saturated carbocycles. The zero-order valence-corrected chi connectivity index (χ0v) is 12.8. The summed E-state index contributed by atoms with van der Waals surface area (Å²) < 4.78 is 5.44. The Morgan fingerprint density at radius 1 is 1.19 bits per heavy atom. The van der Waals surface area contributed by atoms with E-state index in [2.05, 4.69) is 13.8 Å². The summed E-state index contributed by atoms with van der Waals surface area (Å²) in [6, 6.07) is 4.66. The lowest BCUT2D eigenvalue weighted by Crippen LogP contribution is -2.37. The maximum absolute atomic E-state index is 11.2. The second-order valence-corrected chi connectivity index (χ2v) is 6.02. The van der Waals surface area contributed by atoms with Crippen molar-refractivity contribution in [1.82, 2.24) is 0 Å². The molecule has 0 unspecified atom stereocenters. The molecule has 5 nitrogen and oxygen atoms in total. The number of carbonyl (C=O) groups is 2. The first kappa shape index (κ1) is 17.0. The Balaban J connectivity index is 3.08. The molecule has 0 heterocycles. The Labute approximate surface area is 124 Å². The highest BCUT2D eigenvalue weighted by Gasteiger charge is 2.29. The van der Waals surface area contributed by atoms with Crippen LogP contribution in [0.15, 0.2) is 18.2 Å². The average molecular weight is 294 g/mol. The number of aliphatic carboxylic acids is 1. The van der Waals surface area contributed by atoms with Gasteiger partial charge in [0.05, 0.1) is 5.56 Å². The molecule has 0 aliphatic rings. The van der Waals surface area contributed by atoms with Gasteiger partial charge < -0.3 is 14.9 Å². The van der Waals surface area contributed by atoms with E-state index < -0.39 is 17.5 Å².